The minimum Gasteiger partial charge on any atom is -0.507 e. The number of hydrogen-bond acceptors (Lipinski definition) is 5. The Morgan fingerprint density at radius 2 is 1.61 bits per heavy atom. The lowest BCUT2D eigenvalue weighted by molar-refractivity contribution is -0.132. The van der Waals surface area contributed by atoms with Crippen LogP contribution in [0.1, 0.15) is 61.9 Å². The summed E-state index contributed by atoms with van der Waals surface area (Å²) in [6, 6.07) is 19.9. The summed E-state index contributed by atoms with van der Waals surface area (Å²) in [6.07, 6.45) is 0. The molecule has 4 rings (SSSR count). The topological polar surface area (TPSA) is 70.1 Å². The number of methoxy groups -OCH3 is 1. The number of aliphatic hydroxyl groups is 1. The van der Waals surface area contributed by atoms with Crippen molar-refractivity contribution in [2.75, 3.05) is 30.0 Å². The van der Waals surface area contributed by atoms with E-state index in [0.29, 0.717) is 17.0 Å². The highest BCUT2D eigenvalue weighted by molar-refractivity contribution is 6.51. The van der Waals surface area contributed by atoms with Crippen molar-refractivity contribution >= 4 is 28.8 Å². The van der Waals surface area contributed by atoms with Gasteiger partial charge in [-0.3, -0.25) is 14.5 Å². The largest absolute Gasteiger partial charge is 0.507 e. The minimum absolute atomic E-state index is 0.0750. The fourth-order valence-electron chi connectivity index (χ4n) is 5.06. The summed E-state index contributed by atoms with van der Waals surface area (Å²) in [5, 5.41) is 11.6. The predicted molar refractivity (Wildman–Crippen MR) is 153 cm³/mol. The summed E-state index contributed by atoms with van der Waals surface area (Å²) in [5.41, 5.74) is 4.91. The molecule has 1 unspecified atom stereocenters. The van der Waals surface area contributed by atoms with Crippen LogP contribution in [0.4, 0.5) is 11.4 Å². The number of Topliss-reactive ketones (excluding diaryl/α,β-unsaturated/α-hetero) is 1. The van der Waals surface area contributed by atoms with Crippen LogP contribution >= 0.6 is 0 Å². The van der Waals surface area contributed by atoms with Gasteiger partial charge in [-0.2, -0.15) is 0 Å². The molecule has 1 aliphatic rings. The van der Waals surface area contributed by atoms with E-state index in [0.717, 1.165) is 35.5 Å². The van der Waals surface area contributed by atoms with Gasteiger partial charge in [-0.15, -0.1) is 0 Å². The number of nitrogens with zero attached hydrogens (tertiary/aromatic N) is 2. The van der Waals surface area contributed by atoms with Crippen LogP contribution in [0.2, 0.25) is 0 Å². The maximum Gasteiger partial charge on any atom is 0.300 e. The molecule has 1 amide bonds. The van der Waals surface area contributed by atoms with Gasteiger partial charge in [-0.25, -0.2) is 0 Å². The second-order valence-electron chi connectivity index (χ2n) is 9.88. The molecule has 0 spiro atoms. The zero-order chi connectivity index (χ0) is 27.6. The number of amides is 1. The Kier molecular flexibility index (Phi) is 7.91. The average molecular weight is 513 g/mol. The molecule has 0 aliphatic carbocycles. The number of carbonyl (C=O) groups is 2. The van der Waals surface area contributed by atoms with Crippen LogP contribution < -0.4 is 14.5 Å². The highest BCUT2D eigenvalue weighted by Crippen LogP contribution is 2.43. The lowest BCUT2D eigenvalue weighted by Gasteiger charge is -2.27. The molecule has 1 heterocycles. The first-order valence-electron chi connectivity index (χ1n) is 13.1. The minimum atomic E-state index is -0.770. The number of hydrogen-bond donors (Lipinski definition) is 1. The number of benzene rings is 3. The van der Waals surface area contributed by atoms with Gasteiger partial charge in [0.25, 0.3) is 11.7 Å². The quantitative estimate of drug-likeness (QED) is 0.209. The lowest BCUT2D eigenvalue weighted by atomic mass is 9.93. The Bertz CT molecular complexity index is 1350. The number of ketones is 1. The first-order valence-corrected chi connectivity index (χ1v) is 13.1. The van der Waals surface area contributed by atoms with Crippen LogP contribution in [0, 0.1) is 6.92 Å². The van der Waals surface area contributed by atoms with E-state index >= 15 is 0 Å². The van der Waals surface area contributed by atoms with Gasteiger partial charge in [-0.05, 0) is 80.3 Å². The van der Waals surface area contributed by atoms with E-state index in [1.54, 1.807) is 19.2 Å². The summed E-state index contributed by atoms with van der Waals surface area (Å²) >= 11 is 0. The zero-order valence-electron chi connectivity index (χ0n) is 23.0. The normalized spacial score (nSPS) is 16.8. The highest BCUT2D eigenvalue weighted by atomic mass is 16.5. The molecule has 0 saturated carbocycles. The molecule has 0 bridgehead atoms. The van der Waals surface area contributed by atoms with Crippen molar-refractivity contribution in [3.05, 3.63) is 94.6 Å². The Hall–Kier alpha value is -4.06. The van der Waals surface area contributed by atoms with Gasteiger partial charge in [0.2, 0.25) is 0 Å². The molecule has 1 saturated heterocycles. The highest BCUT2D eigenvalue weighted by Gasteiger charge is 2.47. The number of rotatable bonds is 8. The fourth-order valence-corrected chi connectivity index (χ4v) is 5.06. The molecule has 198 valence electrons. The summed E-state index contributed by atoms with van der Waals surface area (Å²) < 4.78 is 5.50. The van der Waals surface area contributed by atoms with Crippen LogP contribution in [0.3, 0.4) is 0 Å². The first-order chi connectivity index (χ1) is 18.2. The molecule has 0 radical (unpaired) electrons. The second-order valence-corrected chi connectivity index (χ2v) is 9.88. The van der Waals surface area contributed by atoms with Crippen molar-refractivity contribution in [1.29, 1.82) is 0 Å². The fraction of sp³-hybridized carbons (Fsp3) is 0.312. The lowest BCUT2D eigenvalue weighted by Crippen LogP contribution is -2.29. The third kappa shape index (κ3) is 4.91. The van der Waals surface area contributed by atoms with E-state index in [1.807, 2.05) is 75.4 Å². The molecule has 38 heavy (non-hydrogen) atoms. The van der Waals surface area contributed by atoms with Crippen molar-refractivity contribution in [1.82, 2.24) is 0 Å². The number of aryl methyl sites for hydroxylation is 1. The van der Waals surface area contributed by atoms with Crippen LogP contribution in [-0.4, -0.2) is 37.0 Å². The van der Waals surface area contributed by atoms with Crippen molar-refractivity contribution in [2.45, 2.75) is 46.6 Å². The van der Waals surface area contributed by atoms with Gasteiger partial charge in [-0.1, -0.05) is 43.7 Å². The van der Waals surface area contributed by atoms with E-state index in [4.69, 9.17) is 4.74 Å². The molecule has 0 aromatic heterocycles. The maximum atomic E-state index is 13.5. The average Bonchev–Trinajstić information content (AvgIpc) is 3.19. The van der Waals surface area contributed by atoms with E-state index in [1.165, 1.54) is 4.90 Å². The van der Waals surface area contributed by atoms with E-state index < -0.39 is 17.7 Å². The van der Waals surface area contributed by atoms with Crippen molar-refractivity contribution in [2.24, 2.45) is 0 Å². The maximum absolute atomic E-state index is 13.5. The van der Waals surface area contributed by atoms with Crippen molar-refractivity contribution < 1.29 is 19.4 Å². The Morgan fingerprint density at radius 3 is 2.16 bits per heavy atom. The molecule has 1 fully saturated rings. The van der Waals surface area contributed by atoms with E-state index in [9.17, 15) is 14.7 Å². The molecule has 6 nitrogen and oxygen atoms in total. The molecular formula is C32H36N2O4. The van der Waals surface area contributed by atoms with E-state index in [-0.39, 0.29) is 17.3 Å². The van der Waals surface area contributed by atoms with Crippen LogP contribution in [0.5, 0.6) is 5.75 Å². The van der Waals surface area contributed by atoms with E-state index in [2.05, 4.69) is 18.7 Å². The molecular weight excluding hydrogens is 476 g/mol. The molecule has 1 atom stereocenters. The van der Waals surface area contributed by atoms with Crippen LogP contribution in [-0.2, 0) is 9.59 Å². The molecule has 6 heteroatoms. The second kappa shape index (κ2) is 11.1. The van der Waals surface area contributed by atoms with Gasteiger partial charge in [0.05, 0.1) is 18.7 Å². The Labute approximate surface area is 225 Å². The predicted octanol–water partition coefficient (Wildman–Crippen LogP) is 6.60. The van der Waals surface area contributed by atoms with Gasteiger partial charge in [0, 0.05) is 30.0 Å². The first kappa shape index (κ1) is 27.0. The summed E-state index contributed by atoms with van der Waals surface area (Å²) in [7, 11) is 1.61. The monoisotopic (exact) mass is 512 g/mol. The molecule has 1 aliphatic heterocycles. The molecule has 3 aromatic carbocycles. The van der Waals surface area contributed by atoms with Gasteiger partial charge in [0.15, 0.2) is 0 Å². The van der Waals surface area contributed by atoms with Crippen molar-refractivity contribution in [3.63, 3.8) is 0 Å². The number of carbonyl (C=O) groups excluding carboxylic acids is 2. The smallest absolute Gasteiger partial charge is 0.300 e. The van der Waals surface area contributed by atoms with Gasteiger partial charge >= 0.3 is 0 Å². The number of ether oxygens (including phenoxy) is 1. The Balaban J connectivity index is 1.91. The zero-order valence-corrected chi connectivity index (χ0v) is 23.0. The standard InChI is InChI=1S/C32H36N2O4/c1-7-33(8-2)24-16-11-22(12-17-24)29-28(30(35)23-13-18-27(38-6)26(19-23)20(3)4)31(36)32(37)34(29)25-14-9-21(5)10-15-25/h9-20,29,35H,7-8H2,1-6H3/b30-28-. The van der Waals surface area contributed by atoms with Crippen molar-refractivity contribution in [3.8, 4) is 5.75 Å². The Morgan fingerprint density at radius 1 is 0.974 bits per heavy atom. The van der Waals surface area contributed by atoms with Crippen LogP contribution in [0.25, 0.3) is 5.76 Å². The molecule has 1 N–H and O–H groups in total. The van der Waals surface area contributed by atoms with Gasteiger partial charge in [0.1, 0.15) is 11.5 Å². The molecule has 3 aromatic rings. The van der Waals surface area contributed by atoms with Crippen LogP contribution in [0.15, 0.2) is 72.3 Å². The summed E-state index contributed by atoms with van der Waals surface area (Å²) in [6.45, 7) is 12.0. The number of aliphatic hydroxyl groups excluding tert-OH is 1. The third-order valence-electron chi connectivity index (χ3n) is 7.22. The third-order valence-corrected chi connectivity index (χ3v) is 7.22. The number of anilines is 2. The summed E-state index contributed by atoms with van der Waals surface area (Å²) in [5.74, 6) is -0.717. The summed E-state index contributed by atoms with van der Waals surface area (Å²) in [4.78, 5) is 30.7. The van der Waals surface area contributed by atoms with Gasteiger partial charge < -0.3 is 14.7 Å². The SMILES string of the molecule is CCN(CC)c1ccc(C2/C(=C(/O)c3ccc(OC)c(C(C)C)c3)C(=O)C(=O)N2c2ccc(C)cc2)cc1.